The second-order valence-electron chi connectivity index (χ2n) is 5.66. The van der Waals surface area contributed by atoms with E-state index in [1.165, 1.54) is 4.88 Å². The molecule has 0 aromatic carbocycles. The fourth-order valence-electron chi connectivity index (χ4n) is 2.58. The molecule has 2 aromatic rings. The molecule has 6 nitrogen and oxygen atoms in total. The third-order valence-corrected chi connectivity index (χ3v) is 5.80. The van der Waals surface area contributed by atoms with Crippen molar-refractivity contribution in [2.45, 2.75) is 18.4 Å². The summed E-state index contributed by atoms with van der Waals surface area (Å²) in [7, 11) is 0. The third-order valence-electron chi connectivity index (χ3n) is 3.84. The van der Waals surface area contributed by atoms with E-state index in [9.17, 15) is 4.79 Å². The molecular weight excluding hydrogens is 344 g/mol. The first-order valence-corrected chi connectivity index (χ1v) is 9.93. The predicted molar refractivity (Wildman–Crippen MR) is 97.8 cm³/mol. The molecule has 0 unspecified atom stereocenters. The molecular formula is C16H22N4O2S2. The molecule has 1 saturated heterocycles. The maximum absolute atomic E-state index is 11.9. The van der Waals surface area contributed by atoms with Gasteiger partial charge in [0.25, 0.3) is 0 Å². The molecule has 1 N–H and O–H groups in total. The number of morpholine rings is 1. The normalized spacial score (nSPS) is 15.7. The molecule has 0 bridgehead atoms. The Morgan fingerprint density at radius 1 is 1.42 bits per heavy atom. The van der Waals surface area contributed by atoms with Gasteiger partial charge in [-0.05, 0) is 13.0 Å². The second-order valence-corrected chi connectivity index (χ2v) is 7.98. The topological polar surface area (TPSA) is 67.4 Å². The second kappa shape index (κ2) is 8.75. The number of carbonyl (C=O) groups is 1. The van der Waals surface area contributed by atoms with Gasteiger partial charge in [0.15, 0.2) is 0 Å². The maximum atomic E-state index is 11.9. The minimum atomic E-state index is 0.0996. The molecule has 1 aliphatic heterocycles. The van der Waals surface area contributed by atoms with Crippen molar-refractivity contribution in [3.63, 3.8) is 0 Å². The van der Waals surface area contributed by atoms with E-state index >= 15 is 0 Å². The molecule has 0 radical (unpaired) electrons. The molecule has 1 fully saturated rings. The molecule has 130 valence electrons. The van der Waals surface area contributed by atoms with E-state index in [0.29, 0.717) is 13.0 Å². The first kappa shape index (κ1) is 17.6. The van der Waals surface area contributed by atoms with Crippen LogP contribution < -0.4 is 5.32 Å². The van der Waals surface area contributed by atoms with Crippen LogP contribution in [0.4, 0.5) is 0 Å². The number of thioether (sulfide) groups is 1. The van der Waals surface area contributed by atoms with Crippen LogP contribution in [-0.2, 0) is 9.53 Å². The highest BCUT2D eigenvalue weighted by Gasteiger charge is 2.11. The average molecular weight is 367 g/mol. The summed E-state index contributed by atoms with van der Waals surface area (Å²) in [6, 6.07) is 2.12. The van der Waals surface area contributed by atoms with Crippen LogP contribution in [-0.4, -0.2) is 65.9 Å². The van der Waals surface area contributed by atoms with Gasteiger partial charge < -0.3 is 10.1 Å². The zero-order valence-electron chi connectivity index (χ0n) is 13.8. The Balaban J connectivity index is 1.38. The summed E-state index contributed by atoms with van der Waals surface area (Å²) in [6.45, 7) is 7.15. The molecule has 3 rings (SSSR count). The summed E-state index contributed by atoms with van der Waals surface area (Å²) < 4.78 is 5.31. The Bertz CT molecular complexity index is 686. The van der Waals surface area contributed by atoms with Gasteiger partial charge in [-0.1, -0.05) is 0 Å². The fourth-order valence-corrected chi connectivity index (χ4v) is 4.40. The number of amides is 1. The molecule has 2 aromatic heterocycles. The van der Waals surface area contributed by atoms with Crippen LogP contribution in [0.3, 0.4) is 0 Å². The van der Waals surface area contributed by atoms with Gasteiger partial charge >= 0.3 is 0 Å². The van der Waals surface area contributed by atoms with Crippen molar-refractivity contribution in [1.82, 2.24) is 20.2 Å². The number of aromatic nitrogens is 2. The Labute approximate surface area is 150 Å². The number of rotatable bonds is 7. The van der Waals surface area contributed by atoms with Gasteiger partial charge in [0.05, 0.1) is 13.2 Å². The lowest BCUT2D eigenvalue weighted by atomic mass is 10.4. The number of thiophene rings is 1. The molecule has 0 saturated carbocycles. The largest absolute Gasteiger partial charge is 0.379 e. The number of fused-ring (bicyclic) bond motifs is 1. The summed E-state index contributed by atoms with van der Waals surface area (Å²) in [4.78, 5) is 25.1. The number of carbonyl (C=O) groups excluding carboxylic acids is 1. The summed E-state index contributed by atoms with van der Waals surface area (Å²) in [5, 5.41) is 5.05. The first-order valence-electron chi connectivity index (χ1n) is 8.13. The van der Waals surface area contributed by atoms with Crippen molar-refractivity contribution in [2.24, 2.45) is 0 Å². The van der Waals surface area contributed by atoms with E-state index in [1.807, 2.05) is 0 Å². The number of aryl methyl sites for hydroxylation is 1. The van der Waals surface area contributed by atoms with Crippen LogP contribution >= 0.6 is 23.1 Å². The summed E-state index contributed by atoms with van der Waals surface area (Å²) in [5.74, 6) is 0.826. The van der Waals surface area contributed by atoms with E-state index in [-0.39, 0.29) is 5.91 Å². The molecule has 8 heteroatoms. The number of nitrogens with one attached hydrogen (secondary N) is 1. The van der Waals surface area contributed by atoms with Gasteiger partial charge in [0.1, 0.15) is 16.2 Å². The zero-order valence-corrected chi connectivity index (χ0v) is 15.4. The Hall–Kier alpha value is -1.22. The Morgan fingerprint density at radius 3 is 3.08 bits per heavy atom. The maximum Gasteiger partial charge on any atom is 0.220 e. The van der Waals surface area contributed by atoms with Crippen molar-refractivity contribution < 1.29 is 9.53 Å². The first-order chi connectivity index (χ1) is 11.7. The van der Waals surface area contributed by atoms with Crippen LogP contribution in [0.15, 0.2) is 17.4 Å². The standard InChI is InChI=1S/C16H22N4O2S2/c1-12-10-13-15(18-11-19-16(13)24-12)23-9-2-14(21)17-3-4-20-5-7-22-8-6-20/h10-11H,2-9H2,1H3,(H,17,21). The molecule has 24 heavy (non-hydrogen) atoms. The van der Waals surface area contributed by atoms with Crippen LogP contribution in [0.1, 0.15) is 11.3 Å². The van der Waals surface area contributed by atoms with Crippen molar-refractivity contribution in [3.05, 3.63) is 17.3 Å². The van der Waals surface area contributed by atoms with Crippen molar-refractivity contribution in [2.75, 3.05) is 45.1 Å². The molecule has 0 aliphatic carbocycles. The zero-order chi connectivity index (χ0) is 16.8. The quantitative estimate of drug-likeness (QED) is 0.597. The molecule has 3 heterocycles. The van der Waals surface area contributed by atoms with Crippen molar-refractivity contribution in [1.29, 1.82) is 0 Å². The van der Waals surface area contributed by atoms with Crippen molar-refractivity contribution >= 4 is 39.2 Å². The SMILES string of the molecule is Cc1cc2c(SCCC(=O)NCCN3CCOCC3)ncnc2s1. The van der Waals surface area contributed by atoms with E-state index in [0.717, 1.165) is 53.8 Å². The van der Waals surface area contributed by atoms with Crippen LogP contribution in [0, 0.1) is 6.92 Å². The van der Waals surface area contributed by atoms with E-state index < -0.39 is 0 Å². The Kier molecular flexibility index (Phi) is 6.42. The van der Waals surface area contributed by atoms with Gasteiger partial charge in [-0.15, -0.1) is 23.1 Å². The lowest BCUT2D eigenvalue weighted by Gasteiger charge is -2.26. The fraction of sp³-hybridized carbons (Fsp3) is 0.562. The number of hydrogen-bond donors (Lipinski definition) is 1. The highest BCUT2D eigenvalue weighted by Crippen LogP contribution is 2.30. The highest BCUT2D eigenvalue weighted by molar-refractivity contribution is 7.99. The van der Waals surface area contributed by atoms with Crippen LogP contribution in [0.2, 0.25) is 0 Å². The van der Waals surface area contributed by atoms with Gasteiger partial charge in [-0.3, -0.25) is 9.69 Å². The van der Waals surface area contributed by atoms with Gasteiger partial charge in [0, 0.05) is 48.6 Å². The summed E-state index contributed by atoms with van der Waals surface area (Å²) in [5.41, 5.74) is 0. The molecule has 1 amide bonds. The average Bonchev–Trinajstić information content (AvgIpc) is 2.97. The number of nitrogens with zero attached hydrogens (tertiary/aromatic N) is 3. The lowest BCUT2D eigenvalue weighted by Crippen LogP contribution is -2.41. The van der Waals surface area contributed by atoms with E-state index in [4.69, 9.17) is 4.74 Å². The van der Waals surface area contributed by atoms with Crippen LogP contribution in [0.25, 0.3) is 10.2 Å². The molecule has 0 spiro atoms. The van der Waals surface area contributed by atoms with E-state index in [1.54, 1.807) is 29.4 Å². The predicted octanol–water partition coefficient (Wildman–Crippen LogP) is 1.93. The van der Waals surface area contributed by atoms with Crippen molar-refractivity contribution in [3.8, 4) is 0 Å². The lowest BCUT2D eigenvalue weighted by molar-refractivity contribution is -0.120. The van der Waals surface area contributed by atoms with Crippen LogP contribution in [0.5, 0.6) is 0 Å². The monoisotopic (exact) mass is 366 g/mol. The number of hydrogen-bond acceptors (Lipinski definition) is 7. The van der Waals surface area contributed by atoms with Gasteiger partial charge in [0.2, 0.25) is 5.91 Å². The smallest absolute Gasteiger partial charge is 0.220 e. The molecule has 0 atom stereocenters. The number of ether oxygens (including phenoxy) is 1. The highest BCUT2D eigenvalue weighted by atomic mass is 32.2. The van der Waals surface area contributed by atoms with Gasteiger partial charge in [-0.25, -0.2) is 9.97 Å². The third kappa shape index (κ3) is 4.89. The Morgan fingerprint density at radius 2 is 2.25 bits per heavy atom. The minimum Gasteiger partial charge on any atom is -0.379 e. The molecule has 1 aliphatic rings. The minimum absolute atomic E-state index is 0.0996. The summed E-state index contributed by atoms with van der Waals surface area (Å²) in [6.07, 6.45) is 2.10. The van der Waals surface area contributed by atoms with Gasteiger partial charge in [-0.2, -0.15) is 0 Å². The van der Waals surface area contributed by atoms with E-state index in [2.05, 4.69) is 33.2 Å². The summed E-state index contributed by atoms with van der Waals surface area (Å²) >= 11 is 3.29.